The van der Waals surface area contributed by atoms with Gasteiger partial charge in [0.1, 0.15) is 11.5 Å². The van der Waals surface area contributed by atoms with E-state index in [1.165, 1.54) is 4.80 Å². The van der Waals surface area contributed by atoms with E-state index in [1.54, 1.807) is 12.4 Å². The maximum atomic E-state index is 14.0. The number of amides is 1. The van der Waals surface area contributed by atoms with Crippen molar-refractivity contribution in [3.8, 4) is 5.69 Å². The average Bonchev–Trinajstić information content (AvgIpc) is 3.36. The fraction of sp³-hybridized carbons (Fsp3) is 0.346. The third-order valence-corrected chi connectivity index (χ3v) is 7.46. The van der Waals surface area contributed by atoms with E-state index in [-0.39, 0.29) is 18.0 Å². The zero-order chi connectivity index (χ0) is 23.2. The highest BCUT2D eigenvalue weighted by atomic mass is 16.2. The first-order valence-electron chi connectivity index (χ1n) is 11.8. The minimum absolute atomic E-state index is 0.0516. The number of hydrogen-bond acceptors (Lipinski definition) is 6. The Labute approximate surface area is 198 Å². The lowest BCUT2D eigenvalue weighted by atomic mass is 9.64. The summed E-state index contributed by atoms with van der Waals surface area (Å²) in [6.07, 6.45) is 7.22. The molecule has 0 spiro atoms. The molecule has 1 aliphatic carbocycles. The van der Waals surface area contributed by atoms with Crippen molar-refractivity contribution >= 4 is 22.5 Å². The van der Waals surface area contributed by atoms with Crippen molar-refractivity contribution in [2.45, 2.75) is 38.8 Å². The van der Waals surface area contributed by atoms with Crippen LogP contribution >= 0.6 is 0 Å². The number of rotatable bonds is 5. The second-order valence-electron chi connectivity index (χ2n) is 9.46. The van der Waals surface area contributed by atoms with Crippen molar-refractivity contribution in [3.05, 3.63) is 72.4 Å². The van der Waals surface area contributed by atoms with Gasteiger partial charge in [-0.05, 0) is 55.2 Å². The Morgan fingerprint density at radius 3 is 2.65 bits per heavy atom. The number of nitrogens with one attached hydrogen (secondary N) is 1. The fourth-order valence-corrected chi connectivity index (χ4v) is 5.45. The van der Waals surface area contributed by atoms with Crippen LogP contribution in [0.2, 0.25) is 0 Å². The van der Waals surface area contributed by atoms with Gasteiger partial charge in [-0.1, -0.05) is 31.2 Å². The summed E-state index contributed by atoms with van der Waals surface area (Å²) in [5.74, 6) is 1.82. The van der Waals surface area contributed by atoms with Crippen molar-refractivity contribution in [1.29, 1.82) is 0 Å². The maximum absolute atomic E-state index is 14.0. The number of anilines is 1. The van der Waals surface area contributed by atoms with Gasteiger partial charge in [0.05, 0.1) is 18.4 Å². The van der Waals surface area contributed by atoms with Crippen LogP contribution in [0.4, 0.5) is 5.82 Å². The Bertz CT molecular complexity index is 1350. The summed E-state index contributed by atoms with van der Waals surface area (Å²) in [6.45, 7) is 4.81. The van der Waals surface area contributed by atoms with Crippen molar-refractivity contribution in [3.63, 3.8) is 0 Å². The Morgan fingerprint density at radius 2 is 1.85 bits per heavy atom. The van der Waals surface area contributed by atoms with Crippen molar-refractivity contribution in [1.82, 2.24) is 29.9 Å². The monoisotopic (exact) mass is 453 g/mol. The number of carbonyl (C=O) groups excluding carboxylic acids is 1. The summed E-state index contributed by atoms with van der Waals surface area (Å²) in [7, 11) is 0. The third kappa shape index (κ3) is 3.50. The summed E-state index contributed by atoms with van der Waals surface area (Å²) in [6, 6.07) is 14.3. The molecule has 5 heterocycles. The number of aryl methyl sites for hydroxylation is 1. The Kier molecular flexibility index (Phi) is 5.01. The van der Waals surface area contributed by atoms with Crippen LogP contribution in [0.3, 0.4) is 0 Å². The Morgan fingerprint density at radius 1 is 1.09 bits per heavy atom. The molecule has 2 saturated heterocycles. The first-order chi connectivity index (χ1) is 16.6. The summed E-state index contributed by atoms with van der Waals surface area (Å²) in [5.41, 5.74) is 1.81. The highest BCUT2D eigenvalue weighted by molar-refractivity contribution is 5.96. The van der Waals surface area contributed by atoms with E-state index in [1.807, 2.05) is 37.4 Å². The number of nitrogens with zero attached hydrogens (tertiary/aromatic N) is 6. The molecule has 172 valence electrons. The first-order valence-corrected chi connectivity index (χ1v) is 11.8. The molecule has 3 fully saturated rings. The van der Waals surface area contributed by atoms with Gasteiger partial charge in [-0.2, -0.15) is 10.2 Å². The lowest BCUT2D eigenvalue weighted by molar-refractivity contribution is -0.0505. The molecule has 8 heteroatoms. The molecule has 7 rings (SSSR count). The van der Waals surface area contributed by atoms with Gasteiger partial charge >= 0.3 is 0 Å². The van der Waals surface area contributed by atoms with Crippen LogP contribution in [0.25, 0.3) is 16.5 Å². The molecule has 1 unspecified atom stereocenters. The summed E-state index contributed by atoms with van der Waals surface area (Å²) in [5, 5.41) is 14.3. The number of benzene rings is 1. The normalized spacial score (nSPS) is 23.5. The van der Waals surface area contributed by atoms with Crippen LogP contribution in [0, 0.1) is 18.8 Å². The Balaban J connectivity index is 1.30. The molecule has 0 radical (unpaired) electrons. The second kappa shape index (κ2) is 8.20. The number of pyridine rings is 2. The smallest absolute Gasteiger partial charge is 0.275 e. The van der Waals surface area contributed by atoms with Gasteiger partial charge in [-0.25, -0.2) is 9.97 Å². The lowest BCUT2D eigenvalue weighted by Crippen LogP contribution is -2.64. The largest absolute Gasteiger partial charge is 0.368 e. The highest BCUT2D eigenvalue weighted by Gasteiger charge is 2.51. The van der Waals surface area contributed by atoms with Crippen LogP contribution in [-0.4, -0.2) is 54.4 Å². The maximum Gasteiger partial charge on any atom is 0.275 e. The highest BCUT2D eigenvalue weighted by Crippen LogP contribution is 2.47. The van der Waals surface area contributed by atoms with Crippen molar-refractivity contribution in [2.75, 3.05) is 11.9 Å². The number of hydrogen-bond donors (Lipinski definition) is 1. The minimum Gasteiger partial charge on any atom is -0.368 e. The van der Waals surface area contributed by atoms with Crippen LogP contribution < -0.4 is 5.32 Å². The molecule has 2 atom stereocenters. The minimum atomic E-state index is -0.0516. The van der Waals surface area contributed by atoms with Crippen LogP contribution in [0.5, 0.6) is 0 Å². The Hall–Kier alpha value is -3.81. The van der Waals surface area contributed by atoms with Gasteiger partial charge in [0.15, 0.2) is 5.69 Å². The summed E-state index contributed by atoms with van der Waals surface area (Å²) >= 11 is 0. The first kappa shape index (κ1) is 20.8. The SMILES string of the molecule is Cc1ccc(-n2nccn2)c(C(=O)N2C3CC(C3)C(C)[C@H]2CNc2cc3ccccc3cn2)n1. The van der Waals surface area contributed by atoms with Gasteiger partial charge in [0.25, 0.3) is 5.91 Å². The van der Waals surface area contributed by atoms with Crippen molar-refractivity contribution in [2.24, 2.45) is 11.8 Å². The van der Waals surface area contributed by atoms with E-state index >= 15 is 0 Å². The van der Waals surface area contributed by atoms with Crippen LogP contribution in [0.15, 0.2) is 61.1 Å². The van der Waals surface area contributed by atoms with E-state index in [0.29, 0.717) is 29.8 Å². The number of carbonyl (C=O) groups is 1. The van der Waals surface area contributed by atoms with E-state index in [2.05, 4.69) is 55.5 Å². The molecule has 3 aliphatic rings. The molecule has 8 nitrogen and oxygen atoms in total. The van der Waals surface area contributed by atoms with E-state index in [0.717, 1.165) is 35.1 Å². The number of piperidine rings is 2. The molecule has 1 amide bonds. The van der Waals surface area contributed by atoms with Gasteiger partial charge in [-0.3, -0.25) is 4.79 Å². The fourth-order valence-electron chi connectivity index (χ4n) is 5.45. The molecule has 34 heavy (non-hydrogen) atoms. The third-order valence-electron chi connectivity index (χ3n) is 7.46. The lowest BCUT2D eigenvalue weighted by Gasteiger charge is -2.57. The number of fused-ring (bicyclic) bond motifs is 3. The molecule has 2 aliphatic heterocycles. The topological polar surface area (TPSA) is 88.8 Å². The van der Waals surface area contributed by atoms with Gasteiger partial charge < -0.3 is 10.2 Å². The van der Waals surface area contributed by atoms with E-state index in [4.69, 9.17) is 0 Å². The van der Waals surface area contributed by atoms with E-state index < -0.39 is 0 Å². The van der Waals surface area contributed by atoms with Gasteiger partial charge in [0.2, 0.25) is 0 Å². The molecule has 3 aromatic heterocycles. The van der Waals surface area contributed by atoms with Crippen LogP contribution in [-0.2, 0) is 0 Å². The van der Waals surface area contributed by atoms with Gasteiger partial charge in [0, 0.05) is 29.9 Å². The number of aromatic nitrogens is 5. The zero-order valence-corrected chi connectivity index (χ0v) is 19.3. The quantitative estimate of drug-likeness (QED) is 0.494. The van der Waals surface area contributed by atoms with Gasteiger partial charge in [-0.15, -0.1) is 4.80 Å². The summed E-state index contributed by atoms with van der Waals surface area (Å²) < 4.78 is 0. The standard InChI is InChI=1S/C26H27N7O/c1-16-7-8-22(33-29-9-10-30-33)25(31-16)26(34)32-21-11-20(12-21)17(2)23(32)15-28-24-13-18-5-3-4-6-19(18)14-27-24/h3-10,13-14,17,20-21,23H,11-12,15H2,1-2H3,(H,27,28)/t17?,20?,21?,23-/m1/s1. The average molecular weight is 454 g/mol. The molecule has 1 N–H and O–H groups in total. The molecule has 4 aromatic rings. The second-order valence-corrected chi connectivity index (χ2v) is 9.46. The molecule has 1 aromatic carbocycles. The predicted molar refractivity (Wildman–Crippen MR) is 130 cm³/mol. The van der Waals surface area contributed by atoms with Crippen LogP contribution in [0.1, 0.15) is 35.9 Å². The molecular weight excluding hydrogens is 426 g/mol. The molecule has 2 bridgehead atoms. The summed E-state index contributed by atoms with van der Waals surface area (Å²) in [4.78, 5) is 26.8. The predicted octanol–water partition coefficient (Wildman–Crippen LogP) is 3.87. The molecule has 1 saturated carbocycles. The zero-order valence-electron chi connectivity index (χ0n) is 19.3. The van der Waals surface area contributed by atoms with Crippen molar-refractivity contribution < 1.29 is 4.79 Å². The molecular formula is C26H27N7O. The van der Waals surface area contributed by atoms with E-state index in [9.17, 15) is 4.79 Å².